The van der Waals surface area contributed by atoms with Gasteiger partial charge in [0, 0.05) is 5.56 Å². The van der Waals surface area contributed by atoms with Crippen LogP contribution in [0.3, 0.4) is 0 Å². The molecule has 0 bridgehead atoms. The standard InChI is InChI=1S/C15H20N2O3/c16-14(19)11-5-4-6-12(13(11)17-9-10-18)15(20)7-2-1-3-8-15/h4-6,10,17,20H,1-3,7-9H2,(H2,16,19). The fourth-order valence-corrected chi connectivity index (χ4v) is 2.89. The summed E-state index contributed by atoms with van der Waals surface area (Å²) in [5, 5.41) is 13.8. The van der Waals surface area contributed by atoms with Crippen LogP contribution in [0, 0.1) is 0 Å². The first kappa shape index (κ1) is 14.5. The van der Waals surface area contributed by atoms with Crippen molar-refractivity contribution in [3.63, 3.8) is 0 Å². The van der Waals surface area contributed by atoms with E-state index in [4.69, 9.17) is 5.73 Å². The second-order valence-electron chi connectivity index (χ2n) is 5.23. The van der Waals surface area contributed by atoms with E-state index in [-0.39, 0.29) is 6.54 Å². The number of para-hydroxylation sites is 1. The Hall–Kier alpha value is -1.88. The smallest absolute Gasteiger partial charge is 0.250 e. The molecule has 20 heavy (non-hydrogen) atoms. The highest BCUT2D eigenvalue weighted by Gasteiger charge is 2.34. The number of carbonyl (C=O) groups excluding carboxylic acids is 2. The van der Waals surface area contributed by atoms with E-state index in [9.17, 15) is 14.7 Å². The predicted molar refractivity (Wildman–Crippen MR) is 76.5 cm³/mol. The molecule has 4 N–H and O–H groups in total. The number of aldehydes is 1. The number of hydrogen-bond acceptors (Lipinski definition) is 4. The molecular formula is C15H20N2O3. The highest BCUT2D eigenvalue weighted by atomic mass is 16.3. The van der Waals surface area contributed by atoms with Gasteiger partial charge in [0.15, 0.2) is 0 Å². The van der Waals surface area contributed by atoms with Crippen LogP contribution in [0.5, 0.6) is 0 Å². The summed E-state index contributed by atoms with van der Waals surface area (Å²) in [6.45, 7) is 0.0768. The van der Waals surface area contributed by atoms with Gasteiger partial charge in [-0.05, 0) is 18.9 Å². The Labute approximate surface area is 118 Å². The summed E-state index contributed by atoms with van der Waals surface area (Å²) in [7, 11) is 0. The van der Waals surface area contributed by atoms with Gasteiger partial charge in [0.2, 0.25) is 0 Å². The molecular weight excluding hydrogens is 256 g/mol. The predicted octanol–water partition coefficient (Wildman–Crippen LogP) is 1.55. The number of amides is 1. The molecule has 0 saturated heterocycles. The normalized spacial score (nSPS) is 17.4. The summed E-state index contributed by atoms with van der Waals surface area (Å²) in [5.41, 5.74) is 5.88. The van der Waals surface area contributed by atoms with Gasteiger partial charge in [-0.15, -0.1) is 0 Å². The van der Waals surface area contributed by atoms with Gasteiger partial charge in [-0.25, -0.2) is 0 Å². The average molecular weight is 276 g/mol. The lowest BCUT2D eigenvalue weighted by Crippen LogP contribution is -2.30. The Morgan fingerprint density at radius 3 is 2.65 bits per heavy atom. The van der Waals surface area contributed by atoms with Crippen molar-refractivity contribution in [2.45, 2.75) is 37.7 Å². The molecule has 5 nitrogen and oxygen atoms in total. The number of rotatable bonds is 5. The molecule has 1 aromatic rings. The summed E-state index contributed by atoms with van der Waals surface area (Å²) in [6.07, 6.45) is 5.03. The summed E-state index contributed by atoms with van der Waals surface area (Å²) < 4.78 is 0. The Bertz CT molecular complexity index is 508. The second-order valence-corrected chi connectivity index (χ2v) is 5.23. The second kappa shape index (κ2) is 6.05. The van der Waals surface area contributed by atoms with E-state index >= 15 is 0 Å². The number of anilines is 1. The van der Waals surface area contributed by atoms with Crippen LogP contribution in [-0.2, 0) is 10.4 Å². The minimum absolute atomic E-state index is 0.0768. The Kier molecular flexibility index (Phi) is 4.39. The maximum absolute atomic E-state index is 11.5. The van der Waals surface area contributed by atoms with E-state index in [1.807, 2.05) is 0 Å². The molecule has 0 aromatic heterocycles. The molecule has 1 fully saturated rings. The third-order valence-electron chi connectivity index (χ3n) is 3.87. The molecule has 1 amide bonds. The van der Waals surface area contributed by atoms with E-state index in [2.05, 4.69) is 5.32 Å². The lowest BCUT2D eigenvalue weighted by atomic mass is 9.78. The highest BCUT2D eigenvalue weighted by molar-refractivity contribution is 5.99. The molecule has 1 aromatic carbocycles. The van der Waals surface area contributed by atoms with Crippen molar-refractivity contribution < 1.29 is 14.7 Å². The van der Waals surface area contributed by atoms with E-state index < -0.39 is 11.5 Å². The van der Waals surface area contributed by atoms with Crippen molar-refractivity contribution in [2.75, 3.05) is 11.9 Å². The van der Waals surface area contributed by atoms with Gasteiger partial charge in [-0.3, -0.25) is 4.79 Å². The maximum Gasteiger partial charge on any atom is 0.250 e. The summed E-state index contributed by atoms with van der Waals surface area (Å²) in [4.78, 5) is 22.1. The van der Waals surface area contributed by atoms with Crippen LogP contribution in [0.4, 0.5) is 5.69 Å². The van der Waals surface area contributed by atoms with Gasteiger partial charge in [0.1, 0.15) is 6.29 Å². The largest absolute Gasteiger partial charge is 0.385 e. The van der Waals surface area contributed by atoms with E-state index in [0.29, 0.717) is 35.9 Å². The van der Waals surface area contributed by atoms with Crippen molar-refractivity contribution in [1.82, 2.24) is 0 Å². The van der Waals surface area contributed by atoms with Crippen molar-refractivity contribution >= 4 is 17.9 Å². The van der Waals surface area contributed by atoms with Crippen molar-refractivity contribution in [2.24, 2.45) is 5.73 Å². The Morgan fingerprint density at radius 1 is 1.35 bits per heavy atom. The fraction of sp³-hybridized carbons (Fsp3) is 0.467. The molecule has 5 heteroatoms. The molecule has 0 radical (unpaired) electrons. The van der Waals surface area contributed by atoms with Crippen LogP contribution < -0.4 is 11.1 Å². The minimum atomic E-state index is -0.949. The first-order valence-corrected chi connectivity index (χ1v) is 6.92. The zero-order valence-corrected chi connectivity index (χ0v) is 11.4. The first-order chi connectivity index (χ1) is 9.58. The SMILES string of the molecule is NC(=O)c1cccc(C2(O)CCCCC2)c1NCC=O. The zero-order chi connectivity index (χ0) is 14.6. The van der Waals surface area contributed by atoms with Crippen LogP contribution in [-0.4, -0.2) is 23.8 Å². The van der Waals surface area contributed by atoms with Crippen LogP contribution in [0.1, 0.15) is 48.0 Å². The molecule has 0 heterocycles. The topological polar surface area (TPSA) is 92.4 Å². The third kappa shape index (κ3) is 2.82. The number of aliphatic hydroxyl groups is 1. The Morgan fingerprint density at radius 2 is 2.05 bits per heavy atom. The average Bonchev–Trinajstić information content (AvgIpc) is 2.45. The van der Waals surface area contributed by atoms with Gasteiger partial charge < -0.3 is 21.0 Å². The van der Waals surface area contributed by atoms with Crippen molar-refractivity contribution in [1.29, 1.82) is 0 Å². The maximum atomic E-state index is 11.5. The van der Waals surface area contributed by atoms with Crippen molar-refractivity contribution in [3.8, 4) is 0 Å². The molecule has 0 spiro atoms. The number of nitrogens with one attached hydrogen (secondary N) is 1. The van der Waals surface area contributed by atoms with E-state index in [1.165, 1.54) is 0 Å². The number of nitrogens with two attached hydrogens (primary N) is 1. The summed E-state index contributed by atoms with van der Waals surface area (Å²) in [5.74, 6) is -0.570. The summed E-state index contributed by atoms with van der Waals surface area (Å²) >= 11 is 0. The summed E-state index contributed by atoms with van der Waals surface area (Å²) in [6, 6.07) is 5.12. The zero-order valence-electron chi connectivity index (χ0n) is 11.4. The molecule has 0 unspecified atom stereocenters. The molecule has 1 aliphatic rings. The first-order valence-electron chi connectivity index (χ1n) is 6.92. The van der Waals surface area contributed by atoms with Crippen molar-refractivity contribution in [3.05, 3.63) is 29.3 Å². The molecule has 1 saturated carbocycles. The lowest BCUT2D eigenvalue weighted by molar-refractivity contribution is -0.106. The quantitative estimate of drug-likeness (QED) is 0.711. The van der Waals surface area contributed by atoms with Crippen LogP contribution in [0.15, 0.2) is 18.2 Å². The number of carbonyl (C=O) groups is 2. The highest BCUT2D eigenvalue weighted by Crippen LogP contribution is 2.41. The molecule has 2 rings (SSSR count). The van der Waals surface area contributed by atoms with Gasteiger partial charge >= 0.3 is 0 Å². The van der Waals surface area contributed by atoms with E-state index in [0.717, 1.165) is 19.3 Å². The Balaban J connectivity index is 2.47. The van der Waals surface area contributed by atoms with Gasteiger partial charge in [0.25, 0.3) is 5.91 Å². The number of hydrogen-bond donors (Lipinski definition) is 3. The van der Waals surface area contributed by atoms with Crippen LogP contribution in [0.25, 0.3) is 0 Å². The fourth-order valence-electron chi connectivity index (χ4n) is 2.89. The lowest BCUT2D eigenvalue weighted by Gasteiger charge is -2.34. The van der Waals surface area contributed by atoms with E-state index in [1.54, 1.807) is 18.2 Å². The van der Waals surface area contributed by atoms with Gasteiger partial charge in [-0.1, -0.05) is 31.4 Å². The number of benzene rings is 1. The molecule has 108 valence electrons. The van der Waals surface area contributed by atoms with Gasteiger partial charge in [0.05, 0.1) is 23.4 Å². The van der Waals surface area contributed by atoms with Crippen LogP contribution in [0.2, 0.25) is 0 Å². The third-order valence-corrected chi connectivity index (χ3v) is 3.87. The van der Waals surface area contributed by atoms with Crippen LogP contribution >= 0.6 is 0 Å². The number of primary amides is 1. The molecule has 0 atom stereocenters. The monoisotopic (exact) mass is 276 g/mol. The molecule has 1 aliphatic carbocycles. The van der Waals surface area contributed by atoms with Gasteiger partial charge in [-0.2, -0.15) is 0 Å². The molecule has 0 aliphatic heterocycles. The minimum Gasteiger partial charge on any atom is -0.385 e.